The van der Waals surface area contributed by atoms with Crippen LogP contribution >= 0.6 is 0 Å². The molecule has 5 heteroatoms. The molecule has 0 spiro atoms. The molecule has 1 amide bonds. The lowest BCUT2D eigenvalue weighted by Crippen LogP contribution is -2.55. The van der Waals surface area contributed by atoms with Crippen LogP contribution in [0, 0.1) is 5.92 Å². The molecule has 0 saturated carbocycles. The Balaban J connectivity index is 2.33. The molecule has 0 radical (unpaired) electrons. The van der Waals surface area contributed by atoms with E-state index in [2.05, 4.69) is 0 Å². The largest absolute Gasteiger partial charge is 0.396 e. The lowest BCUT2D eigenvalue weighted by molar-refractivity contribution is -0.148. The number of rotatable bonds is 4. The second kappa shape index (κ2) is 4.55. The molecular weight excluding hydrogens is 172 g/mol. The first-order valence-corrected chi connectivity index (χ1v) is 4.35. The molecule has 1 aliphatic heterocycles. The average molecular weight is 188 g/mol. The van der Waals surface area contributed by atoms with Crippen LogP contribution < -0.4 is 5.73 Å². The quantitative estimate of drug-likeness (QED) is 0.558. The molecule has 0 aromatic carbocycles. The fourth-order valence-electron chi connectivity index (χ4n) is 1.37. The molecule has 1 heterocycles. The van der Waals surface area contributed by atoms with Gasteiger partial charge in [0.05, 0.1) is 0 Å². The number of carbonyl (C=O) groups is 1. The van der Waals surface area contributed by atoms with Crippen molar-refractivity contribution in [2.24, 2.45) is 11.7 Å². The van der Waals surface area contributed by atoms with Gasteiger partial charge in [0.15, 0.2) is 0 Å². The molecule has 1 saturated heterocycles. The van der Waals surface area contributed by atoms with E-state index in [1.807, 2.05) is 0 Å². The highest BCUT2D eigenvalue weighted by Crippen LogP contribution is 2.15. The van der Waals surface area contributed by atoms with Gasteiger partial charge in [-0.2, -0.15) is 0 Å². The molecule has 0 aromatic rings. The maximum Gasteiger partial charge on any atom is 0.253 e. The lowest BCUT2D eigenvalue weighted by Gasteiger charge is -2.39. The van der Waals surface area contributed by atoms with Crippen molar-refractivity contribution in [3.63, 3.8) is 0 Å². The highest BCUT2D eigenvalue weighted by molar-refractivity contribution is 5.81. The van der Waals surface area contributed by atoms with Crippen molar-refractivity contribution in [2.75, 3.05) is 33.4 Å². The lowest BCUT2D eigenvalue weighted by atomic mass is 10.0. The molecule has 1 fully saturated rings. The van der Waals surface area contributed by atoms with Crippen molar-refractivity contribution in [1.29, 1.82) is 0 Å². The molecule has 1 rings (SSSR count). The minimum atomic E-state index is -0.528. The Bertz CT molecular complexity index is 176. The first-order chi connectivity index (χ1) is 6.22. The monoisotopic (exact) mass is 188 g/mol. The summed E-state index contributed by atoms with van der Waals surface area (Å²) in [5.41, 5.74) is 5.35. The molecule has 76 valence electrons. The highest BCUT2D eigenvalue weighted by Gasteiger charge is 2.33. The Kier molecular flexibility index (Phi) is 3.65. The third-order valence-corrected chi connectivity index (χ3v) is 2.30. The van der Waals surface area contributed by atoms with Gasteiger partial charge < -0.3 is 20.5 Å². The van der Waals surface area contributed by atoms with Gasteiger partial charge >= 0.3 is 0 Å². The summed E-state index contributed by atoms with van der Waals surface area (Å²) < 4.78 is 4.91. The molecular formula is C8H16N2O3. The number of nitrogens with two attached hydrogens (primary N) is 1. The summed E-state index contributed by atoms with van der Waals surface area (Å²) in [6, 6.07) is 0. The summed E-state index contributed by atoms with van der Waals surface area (Å²) >= 11 is 0. The zero-order valence-corrected chi connectivity index (χ0v) is 7.77. The molecule has 5 nitrogen and oxygen atoms in total. The Morgan fingerprint density at radius 2 is 2.38 bits per heavy atom. The van der Waals surface area contributed by atoms with Crippen LogP contribution in [-0.2, 0) is 9.53 Å². The van der Waals surface area contributed by atoms with Crippen molar-refractivity contribution >= 4 is 5.91 Å². The van der Waals surface area contributed by atoms with E-state index in [0.29, 0.717) is 13.1 Å². The fraction of sp³-hybridized carbons (Fsp3) is 0.875. The van der Waals surface area contributed by atoms with E-state index >= 15 is 0 Å². The predicted octanol–water partition coefficient (Wildman–Crippen LogP) is -1.59. The Hall–Kier alpha value is -0.650. The van der Waals surface area contributed by atoms with Crippen LogP contribution in [0.1, 0.15) is 0 Å². The Morgan fingerprint density at radius 1 is 1.77 bits per heavy atom. The zero-order valence-electron chi connectivity index (χ0n) is 7.77. The van der Waals surface area contributed by atoms with Crippen LogP contribution in [0.5, 0.6) is 0 Å². The van der Waals surface area contributed by atoms with E-state index in [1.54, 1.807) is 4.90 Å². The second-order valence-corrected chi connectivity index (χ2v) is 3.25. The van der Waals surface area contributed by atoms with E-state index in [4.69, 9.17) is 15.6 Å². The molecule has 0 bridgehead atoms. The van der Waals surface area contributed by atoms with Gasteiger partial charge in [0.1, 0.15) is 6.10 Å². The van der Waals surface area contributed by atoms with Crippen LogP contribution in [0.15, 0.2) is 0 Å². The van der Waals surface area contributed by atoms with Crippen molar-refractivity contribution in [1.82, 2.24) is 4.90 Å². The van der Waals surface area contributed by atoms with Gasteiger partial charge in [0.2, 0.25) is 0 Å². The number of aliphatic hydroxyl groups is 1. The van der Waals surface area contributed by atoms with E-state index in [-0.39, 0.29) is 25.0 Å². The summed E-state index contributed by atoms with van der Waals surface area (Å²) in [4.78, 5) is 13.1. The summed E-state index contributed by atoms with van der Waals surface area (Å²) in [6.07, 6.45) is -0.528. The van der Waals surface area contributed by atoms with Gasteiger partial charge in [0.25, 0.3) is 5.91 Å². The first kappa shape index (κ1) is 10.4. The van der Waals surface area contributed by atoms with Gasteiger partial charge in [-0.05, 0) is 0 Å². The number of likely N-dealkylation sites (tertiary alicyclic amines) is 1. The number of nitrogens with zero attached hydrogens (tertiary/aromatic N) is 1. The summed E-state index contributed by atoms with van der Waals surface area (Å²) in [5.74, 6) is 0.161. The van der Waals surface area contributed by atoms with Crippen LogP contribution in [-0.4, -0.2) is 55.4 Å². The highest BCUT2D eigenvalue weighted by atomic mass is 16.5. The molecule has 1 atom stereocenters. The topological polar surface area (TPSA) is 75.8 Å². The number of hydrogen-bond donors (Lipinski definition) is 2. The maximum atomic E-state index is 11.5. The minimum absolute atomic E-state index is 0.0744. The fourth-order valence-corrected chi connectivity index (χ4v) is 1.37. The van der Waals surface area contributed by atoms with Gasteiger partial charge in [-0.25, -0.2) is 0 Å². The van der Waals surface area contributed by atoms with E-state index in [0.717, 1.165) is 0 Å². The molecule has 1 unspecified atom stereocenters. The number of hydrogen-bond acceptors (Lipinski definition) is 4. The first-order valence-electron chi connectivity index (χ1n) is 4.35. The smallest absolute Gasteiger partial charge is 0.253 e. The molecule has 3 N–H and O–H groups in total. The van der Waals surface area contributed by atoms with Crippen molar-refractivity contribution < 1.29 is 14.6 Å². The average Bonchev–Trinajstić information content (AvgIpc) is 2.04. The van der Waals surface area contributed by atoms with Crippen LogP contribution in [0.25, 0.3) is 0 Å². The summed E-state index contributed by atoms with van der Waals surface area (Å²) in [7, 11) is 1.47. The van der Waals surface area contributed by atoms with Crippen LogP contribution in [0.3, 0.4) is 0 Å². The van der Waals surface area contributed by atoms with Crippen molar-refractivity contribution in [2.45, 2.75) is 6.10 Å². The van der Waals surface area contributed by atoms with Crippen molar-refractivity contribution in [3.05, 3.63) is 0 Å². The van der Waals surface area contributed by atoms with E-state index in [9.17, 15) is 4.79 Å². The SMILES string of the molecule is COC(CN)C(=O)N1CC(CO)C1. The Labute approximate surface area is 77.5 Å². The van der Waals surface area contributed by atoms with E-state index < -0.39 is 6.10 Å². The number of ether oxygens (including phenoxy) is 1. The molecule has 1 aliphatic rings. The molecule has 13 heavy (non-hydrogen) atoms. The third kappa shape index (κ3) is 2.18. The predicted molar refractivity (Wildman–Crippen MR) is 47.0 cm³/mol. The van der Waals surface area contributed by atoms with E-state index in [1.165, 1.54) is 7.11 Å². The van der Waals surface area contributed by atoms with Gasteiger partial charge in [0, 0.05) is 39.3 Å². The summed E-state index contributed by atoms with van der Waals surface area (Å²) in [5, 5.41) is 8.74. The van der Waals surface area contributed by atoms with Crippen LogP contribution in [0.2, 0.25) is 0 Å². The number of aliphatic hydroxyl groups excluding tert-OH is 1. The van der Waals surface area contributed by atoms with Crippen molar-refractivity contribution in [3.8, 4) is 0 Å². The zero-order chi connectivity index (χ0) is 9.84. The third-order valence-electron chi connectivity index (χ3n) is 2.30. The summed E-state index contributed by atoms with van der Waals surface area (Å²) in [6.45, 7) is 1.59. The number of carbonyl (C=O) groups excluding carboxylic acids is 1. The number of amides is 1. The van der Waals surface area contributed by atoms with Gasteiger partial charge in [-0.15, -0.1) is 0 Å². The molecule has 0 aromatic heterocycles. The minimum Gasteiger partial charge on any atom is -0.396 e. The van der Waals surface area contributed by atoms with Gasteiger partial charge in [-0.1, -0.05) is 0 Å². The molecule has 0 aliphatic carbocycles. The van der Waals surface area contributed by atoms with Crippen LogP contribution in [0.4, 0.5) is 0 Å². The van der Waals surface area contributed by atoms with Gasteiger partial charge in [-0.3, -0.25) is 4.79 Å². The maximum absolute atomic E-state index is 11.5. The number of methoxy groups -OCH3 is 1. The normalized spacial score (nSPS) is 19.8. The second-order valence-electron chi connectivity index (χ2n) is 3.25. The Morgan fingerprint density at radius 3 is 2.77 bits per heavy atom. The standard InChI is InChI=1S/C8H16N2O3/c1-13-7(2-9)8(12)10-3-6(4-10)5-11/h6-7,11H,2-5,9H2,1H3.